The van der Waals surface area contributed by atoms with Crippen LogP contribution in [0, 0.1) is 18.8 Å². The largest absolute Gasteiger partial charge is 0.361 e. The first-order valence-electron chi connectivity index (χ1n) is 9.36. The number of rotatable bonds is 4. The maximum atomic E-state index is 12.3. The number of fused-ring (bicyclic) bond motifs is 4. The molecule has 0 saturated carbocycles. The van der Waals surface area contributed by atoms with Gasteiger partial charge in [-0.15, -0.1) is 24.8 Å². The minimum atomic E-state index is 0. The number of hydrogen-bond acceptors (Lipinski definition) is 5. The Morgan fingerprint density at radius 2 is 2.15 bits per heavy atom. The van der Waals surface area contributed by atoms with Gasteiger partial charge in [-0.2, -0.15) is 0 Å². The molecule has 3 aliphatic rings. The van der Waals surface area contributed by atoms with Crippen molar-refractivity contribution >= 4 is 30.7 Å². The molecule has 2 bridgehead atoms. The predicted octanol–water partition coefficient (Wildman–Crippen LogP) is 1.95. The second kappa shape index (κ2) is 9.40. The molecule has 0 aromatic carbocycles. The molecule has 4 heterocycles. The fraction of sp³-hybridized carbons (Fsp3) is 0.778. The molecule has 0 aliphatic carbocycles. The zero-order valence-electron chi connectivity index (χ0n) is 15.3. The number of piperidine rings is 3. The summed E-state index contributed by atoms with van der Waals surface area (Å²) in [6.45, 7) is 6.07. The molecule has 0 radical (unpaired) electrons. The van der Waals surface area contributed by atoms with E-state index >= 15 is 0 Å². The number of hydrogen-bond donors (Lipinski definition) is 2. The third-order valence-corrected chi connectivity index (χ3v) is 6.04. The van der Waals surface area contributed by atoms with E-state index in [0.717, 1.165) is 24.7 Å². The Morgan fingerprint density at radius 3 is 2.92 bits per heavy atom. The van der Waals surface area contributed by atoms with Crippen molar-refractivity contribution in [3.63, 3.8) is 0 Å². The molecule has 1 aromatic heterocycles. The Morgan fingerprint density at radius 1 is 1.35 bits per heavy atom. The summed E-state index contributed by atoms with van der Waals surface area (Å²) < 4.78 is 5.15. The van der Waals surface area contributed by atoms with Crippen LogP contribution in [0.25, 0.3) is 0 Å². The highest BCUT2D eigenvalue weighted by Gasteiger charge is 2.45. The standard InChI is InChI=1S/C18H28N4O2.2ClH/c1-12-6-15(24-21-12)8-18(23)20-11-17-14-7-13(9-19-10-14)16-4-2-3-5-22(16)17;;/h6,13-14,16-17,19H,2-5,7-11H2,1H3,(H,20,23);2*1H/t13-,14+,16+,17+;;/m1../s1. The van der Waals surface area contributed by atoms with Crippen LogP contribution in [0.1, 0.15) is 37.1 Å². The van der Waals surface area contributed by atoms with Crippen LogP contribution in [0.3, 0.4) is 0 Å². The lowest BCUT2D eigenvalue weighted by atomic mass is 9.73. The highest BCUT2D eigenvalue weighted by molar-refractivity contribution is 5.85. The molecule has 1 aromatic rings. The van der Waals surface area contributed by atoms with Crippen LogP contribution >= 0.6 is 24.8 Å². The van der Waals surface area contributed by atoms with Crippen LogP contribution in [-0.2, 0) is 11.2 Å². The van der Waals surface area contributed by atoms with Crippen molar-refractivity contribution < 1.29 is 9.32 Å². The van der Waals surface area contributed by atoms with Gasteiger partial charge in [0.25, 0.3) is 0 Å². The summed E-state index contributed by atoms with van der Waals surface area (Å²) in [7, 11) is 0. The first-order chi connectivity index (χ1) is 11.7. The van der Waals surface area contributed by atoms with Gasteiger partial charge < -0.3 is 15.2 Å². The Hall–Kier alpha value is -0.820. The van der Waals surface area contributed by atoms with E-state index in [1.54, 1.807) is 0 Å². The molecule has 6 nitrogen and oxygen atoms in total. The van der Waals surface area contributed by atoms with Crippen molar-refractivity contribution in [2.24, 2.45) is 11.8 Å². The number of carbonyl (C=O) groups excluding carboxylic acids is 1. The third-order valence-electron chi connectivity index (χ3n) is 6.04. The highest BCUT2D eigenvalue weighted by Crippen LogP contribution is 2.38. The molecule has 148 valence electrons. The predicted molar refractivity (Wildman–Crippen MR) is 105 cm³/mol. The van der Waals surface area contributed by atoms with Crippen LogP contribution in [0.4, 0.5) is 0 Å². The van der Waals surface area contributed by atoms with Crippen LogP contribution < -0.4 is 10.6 Å². The maximum absolute atomic E-state index is 12.3. The second-order valence-corrected chi connectivity index (χ2v) is 7.70. The van der Waals surface area contributed by atoms with Crippen LogP contribution in [0.2, 0.25) is 0 Å². The molecule has 0 spiro atoms. The Labute approximate surface area is 167 Å². The SMILES string of the molecule is Cc1cc(CC(=O)NC[C@H]2[C@@H]3CNC[C@@H](C3)[C@@H]3CCCCN32)on1.Cl.Cl. The molecule has 4 atom stereocenters. The fourth-order valence-electron chi connectivity index (χ4n) is 4.99. The van der Waals surface area contributed by atoms with Gasteiger partial charge in [0.05, 0.1) is 12.1 Å². The van der Waals surface area contributed by atoms with Gasteiger partial charge in [0.1, 0.15) is 5.76 Å². The zero-order chi connectivity index (χ0) is 16.5. The van der Waals surface area contributed by atoms with Gasteiger partial charge in [-0.05, 0) is 57.7 Å². The van der Waals surface area contributed by atoms with Gasteiger partial charge in [0.2, 0.25) is 5.91 Å². The summed E-state index contributed by atoms with van der Waals surface area (Å²) in [4.78, 5) is 15.0. The smallest absolute Gasteiger partial charge is 0.227 e. The Balaban J connectivity index is 0.00000121. The lowest BCUT2D eigenvalue weighted by Gasteiger charge is -2.55. The molecule has 3 saturated heterocycles. The fourth-order valence-corrected chi connectivity index (χ4v) is 4.99. The number of halogens is 2. The number of carbonyl (C=O) groups is 1. The van der Waals surface area contributed by atoms with Gasteiger partial charge in [0, 0.05) is 24.7 Å². The monoisotopic (exact) mass is 404 g/mol. The van der Waals surface area contributed by atoms with E-state index in [1.165, 1.54) is 38.8 Å². The van der Waals surface area contributed by atoms with E-state index in [2.05, 4.69) is 20.7 Å². The summed E-state index contributed by atoms with van der Waals surface area (Å²) in [6.07, 6.45) is 5.57. The number of amides is 1. The highest BCUT2D eigenvalue weighted by atomic mass is 35.5. The van der Waals surface area contributed by atoms with E-state index in [-0.39, 0.29) is 37.1 Å². The first-order valence-corrected chi connectivity index (χ1v) is 9.36. The van der Waals surface area contributed by atoms with E-state index in [9.17, 15) is 4.79 Å². The van der Waals surface area contributed by atoms with Crippen LogP contribution in [-0.4, -0.2) is 54.2 Å². The van der Waals surface area contributed by atoms with E-state index < -0.39 is 0 Å². The van der Waals surface area contributed by atoms with Crippen molar-refractivity contribution in [3.8, 4) is 0 Å². The number of nitrogens with one attached hydrogen (secondary N) is 2. The van der Waals surface area contributed by atoms with Crippen molar-refractivity contribution in [2.75, 3.05) is 26.2 Å². The Bertz CT molecular complexity index is 598. The average molecular weight is 405 g/mol. The quantitative estimate of drug-likeness (QED) is 0.802. The van der Waals surface area contributed by atoms with E-state index in [0.29, 0.717) is 23.8 Å². The molecule has 8 heteroatoms. The van der Waals surface area contributed by atoms with Gasteiger partial charge in [0.15, 0.2) is 0 Å². The molecule has 0 unspecified atom stereocenters. The molecule has 26 heavy (non-hydrogen) atoms. The summed E-state index contributed by atoms with van der Waals surface area (Å²) in [5.41, 5.74) is 0.820. The molecule has 1 amide bonds. The number of aromatic nitrogens is 1. The molecule has 4 rings (SSSR count). The lowest BCUT2D eigenvalue weighted by Crippen LogP contribution is -2.65. The molecular formula is C18H30Cl2N4O2. The van der Waals surface area contributed by atoms with Crippen molar-refractivity contribution in [3.05, 3.63) is 17.5 Å². The van der Waals surface area contributed by atoms with Gasteiger partial charge >= 0.3 is 0 Å². The van der Waals surface area contributed by atoms with Gasteiger partial charge in [-0.3, -0.25) is 9.69 Å². The average Bonchev–Trinajstić information content (AvgIpc) is 3.00. The number of aryl methyl sites for hydroxylation is 1. The minimum Gasteiger partial charge on any atom is -0.361 e. The van der Waals surface area contributed by atoms with Gasteiger partial charge in [-0.1, -0.05) is 11.6 Å². The maximum Gasteiger partial charge on any atom is 0.227 e. The normalized spacial score (nSPS) is 30.5. The molecule has 3 fully saturated rings. The van der Waals surface area contributed by atoms with E-state index in [1.807, 2.05) is 13.0 Å². The minimum absolute atomic E-state index is 0. The zero-order valence-corrected chi connectivity index (χ0v) is 16.9. The van der Waals surface area contributed by atoms with Crippen molar-refractivity contribution in [1.82, 2.24) is 20.7 Å². The number of nitrogens with zero attached hydrogens (tertiary/aromatic N) is 2. The summed E-state index contributed by atoms with van der Waals surface area (Å²) in [6, 6.07) is 3.01. The first kappa shape index (κ1) is 21.5. The molecule has 3 aliphatic heterocycles. The van der Waals surface area contributed by atoms with Crippen LogP contribution in [0.15, 0.2) is 10.6 Å². The van der Waals surface area contributed by atoms with E-state index in [4.69, 9.17) is 4.52 Å². The van der Waals surface area contributed by atoms with Gasteiger partial charge in [-0.25, -0.2) is 0 Å². The third kappa shape index (κ3) is 4.53. The summed E-state index contributed by atoms with van der Waals surface area (Å²) >= 11 is 0. The van der Waals surface area contributed by atoms with Crippen LogP contribution in [0.5, 0.6) is 0 Å². The summed E-state index contributed by atoms with van der Waals surface area (Å²) in [5, 5.41) is 10.6. The van der Waals surface area contributed by atoms with Crippen molar-refractivity contribution in [1.29, 1.82) is 0 Å². The summed E-state index contributed by atoms with van der Waals surface area (Å²) in [5.74, 6) is 2.13. The second-order valence-electron chi connectivity index (χ2n) is 7.70. The topological polar surface area (TPSA) is 70.4 Å². The lowest BCUT2D eigenvalue weighted by molar-refractivity contribution is -0.121. The Kier molecular flexibility index (Phi) is 7.76. The molecular weight excluding hydrogens is 375 g/mol. The van der Waals surface area contributed by atoms with Crippen molar-refractivity contribution in [2.45, 2.75) is 51.1 Å². The molecule has 2 N–H and O–H groups in total.